The Labute approximate surface area is 123 Å². The lowest BCUT2D eigenvalue weighted by atomic mass is 9.92. The molecule has 1 rings (SSSR count). The normalized spacial score (nSPS) is 15.5. The number of aromatic nitrogens is 1. The fourth-order valence-electron chi connectivity index (χ4n) is 1.99. The number of rotatable bonds is 6. The predicted octanol–water partition coefficient (Wildman–Crippen LogP) is 1.89. The van der Waals surface area contributed by atoms with Gasteiger partial charge in [-0.1, -0.05) is 13.8 Å². The Bertz CT molecular complexity index is 534. The summed E-state index contributed by atoms with van der Waals surface area (Å²) >= 11 is 3.21. The maximum absolute atomic E-state index is 12.3. The first-order valence-corrected chi connectivity index (χ1v) is 8.31. The summed E-state index contributed by atoms with van der Waals surface area (Å²) in [6.45, 7) is 6.12. The maximum atomic E-state index is 12.3. The lowest BCUT2D eigenvalue weighted by Gasteiger charge is -2.30. The Morgan fingerprint density at radius 3 is 2.58 bits per heavy atom. The van der Waals surface area contributed by atoms with Gasteiger partial charge in [0.1, 0.15) is 4.90 Å². The lowest BCUT2D eigenvalue weighted by Crippen LogP contribution is -2.52. The van der Waals surface area contributed by atoms with Gasteiger partial charge in [0.15, 0.2) is 0 Å². The maximum Gasteiger partial charge on any atom is 0.242 e. The van der Waals surface area contributed by atoms with E-state index in [4.69, 9.17) is 5.73 Å². The van der Waals surface area contributed by atoms with Gasteiger partial charge in [-0.2, -0.15) is 0 Å². The topological polar surface area (TPSA) is 85.1 Å². The number of pyridine rings is 1. The molecule has 1 unspecified atom stereocenters. The highest BCUT2D eigenvalue weighted by molar-refractivity contribution is 9.10. The summed E-state index contributed by atoms with van der Waals surface area (Å²) in [7, 11) is -3.62. The monoisotopic (exact) mass is 349 g/mol. The van der Waals surface area contributed by atoms with Crippen LogP contribution in [0.25, 0.3) is 0 Å². The van der Waals surface area contributed by atoms with Crippen molar-refractivity contribution in [3.8, 4) is 0 Å². The largest absolute Gasteiger partial charge is 0.329 e. The SMILES string of the molecule is CC(C)CC(C)(CN)NS(=O)(=O)c1cncc(Br)c1. The molecule has 0 aliphatic heterocycles. The molecular weight excluding hydrogens is 330 g/mol. The number of halogens is 1. The number of hydrogen-bond donors (Lipinski definition) is 2. The van der Waals surface area contributed by atoms with Crippen LogP contribution < -0.4 is 10.5 Å². The minimum atomic E-state index is -3.62. The molecule has 0 spiro atoms. The van der Waals surface area contributed by atoms with Crippen LogP contribution in [-0.4, -0.2) is 25.5 Å². The lowest BCUT2D eigenvalue weighted by molar-refractivity contribution is 0.344. The van der Waals surface area contributed by atoms with Gasteiger partial charge in [-0.3, -0.25) is 4.98 Å². The van der Waals surface area contributed by atoms with E-state index in [1.807, 2.05) is 20.8 Å². The molecule has 0 aliphatic carbocycles. The fraction of sp³-hybridized carbons (Fsp3) is 0.583. The Morgan fingerprint density at radius 1 is 1.47 bits per heavy atom. The van der Waals surface area contributed by atoms with Gasteiger partial charge in [-0.25, -0.2) is 13.1 Å². The molecule has 1 heterocycles. The van der Waals surface area contributed by atoms with Crippen molar-refractivity contribution in [3.05, 3.63) is 22.9 Å². The summed E-state index contributed by atoms with van der Waals surface area (Å²) in [5.74, 6) is 0.344. The van der Waals surface area contributed by atoms with Crippen molar-refractivity contribution in [3.63, 3.8) is 0 Å². The smallest absolute Gasteiger partial charge is 0.242 e. The Hall–Kier alpha value is -0.500. The van der Waals surface area contributed by atoms with Crippen molar-refractivity contribution in [1.29, 1.82) is 0 Å². The molecule has 0 fully saturated rings. The number of hydrogen-bond acceptors (Lipinski definition) is 4. The summed E-state index contributed by atoms with van der Waals surface area (Å²) in [4.78, 5) is 4.00. The zero-order valence-electron chi connectivity index (χ0n) is 11.4. The zero-order valence-corrected chi connectivity index (χ0v) is 13.8. The second-order valence-corrected chi connectivity index (χ2v) is 7.91. The summed E-state index contributed by atoms with van der Waals surface area (Å²) in [5.41, 5.74) is 5.06. The van der Waals surface area contributed by atoms with E-state index in [1.165, 1.54) is 18.5 Å². The molecule has 19 heavy (non-hydrogen) atoms. The van der Waals surface area contributed by atoms with Crippen LogP contribution in [0, 0.1) is 5.92 Å². The highest BCUT2D eigenvalue weighted by atomic mass is 79.9. The highest BCUT2D eigenvalue weighted by Crippen LogP contribution is 2.20. The molecule has 0 saturated heterocycles. The van der Waals surface area contributed by atoms with Crippen LogP contribution >= 0.6 is 15.9 Å². The summed E-state index contributed by atoms with van der Waals surface area (Å²) in [6, 6.07) is 1.52. The Balaban J connectivity index is 3.01. The quantitative estimate of drug-likeness (QED) is 0.820. The molecule has 7 heteroatoms. The van der Waals surface area contributed by atoms with Gasteiger partial charge in [0.2, 0.25) is 10.0 Å². The minimum absolute atomic E-state index is 0.130. The molecule has 0 aromatic carbocycles. The molecule has 0 aliphatic rings. The molecular formula is C12H20BrN3O2S. The van der Waals surface area contributed by atoms with Crippen molar-refractivity contribution in [2.75, 3.05) is 6.54 Å². The third-order valence-electron chi connectivity index (χ3n) is 2.68. The van der Waals surface area contributed by atoms with Gasteiger partial charge in [0.25, 0.3) is 0 Å². The molecule has 0 radical (unpaired) electrons. The standard InChI is InChI=1S/C12H20BrN3O2S/c1-9(2)5-12(3,8-14)16-19(17,18)11-4-10(13)6-15-7-11/h4,6-7,9,16H,5,8,14H2,1-3H3. The van der Waals surface area contributed by atoms with Crippen molar-refractivity contribution >= 4 is 26.0 Å². The van der Waals surface area contributed by atoms with Crippen LogP contribution in [0.4, 0.5) is 0 Å². The van der Waals surface area contributed by atoms with E-state index in [0.29, 0.717) is 16.8 Å². The number of nitrogens with zero attached hydrogens (tertiary/aromatic N) is 1. The molecule has 1 atom stereocenters. The van der Waals surface area contributed by atoms with Crippen LogP contribution in [0.15, 0.2) is 27.8 Å². The Morgan fingerprint density at radius 2 is 2.11 bits per heavy atom. The van der Waals surface area contributed by atoms with Crippen molar-refractivity contribution in [2.45, 2.75) is 37.6 Å². The molecule has 5 nitrogen and oxygen atoms in total. The Kier molecular flexibility index (Phi) is 5.49. The summed E-state index contributed by atoms with van der Waals surface area (Å²) in [6.07, 6.45) is 3.53. The summed E-state index contributed by atoms with van der Waals surface area (Å²) < 4.78 is 27.9. The van der Waals surface area contributed by atoms with Crippen molar-refractivity contribution < 1.29 is 8.42 Å². The molecule has 3 N–H and O–H groups in total. The highest BCUT2D eigenvalue weighted by Gasteiger charge is 2.30. The average Bonchev–Trinajstić information content (AvgIpc) is 2.27. The van der Waals surface area contributed by atoms with E-state index in [9.17, 15) is 8.42 Å². The number of nitrogens with two attached hydrogens (primary N) is 1. The first-order chi connectivity index (χ1) is 8.68. The van der Waals surface area contributed by atoms with Crippen LogP contribution in [0.5, 0.6) is 0 Å². The van der Waals surface area contributed by atoms with E-state index in [2.05, 4.69) is 25.6 Å². The third kappa shape index (κ3) is 4.83. The van der Waals surface area contributed by atoms with E-state index < -0.39 is 15.6 Å². The van der Waals surface area contributed by atoms with Crippen molar-refractivity contribution in [2.24, 2.45) is 11.7 Å². The fourth-order valence-corrected chi connectivity index (χ4v) is 3.92. The van der Waals surface area contributed by atoms with Gasteiger partial charge in [-0.05, 0) is 41.3 Å². The first-order valence-electron chi connectivity index (χ1n) is 6.03. The number of sulfonamides is 1. The minimum Gasteiger partial charge on any atom is -0.329 e. The van der Waals surface area contributed by atoms with Crippen LogP contribution in [-0.2, 0) is 10.0 Å². The zero-order chi connectivity index (χ0) is 14.7. The van der Waals surface area contributed by atoms with Gasteiger partial charge in [0.05, 0.1) is 0 Å². The molecule has 0 bridgehead atoms. The van der Waals surface area contributed by atoms with Crippen LogP contribution in [0.2, 0.25) is 0 Å². The first kappa shape index (κ1) is 16.6. The molecule has 0 saturated carbocycles. The second kappa shape index (κ2) is 6.30. The van der Waals surface area contributed by atoms with Gasteiger partial charge in [0, 0.05) is 29.0 Å². The van der Waals surface area contributed by atoms with Crippen molar-refractivity contribution in [1.82, 2.24) is 9.71 Å². The molecule has 0 amide bonds. The summed E-state index contributed by atoms with van der Waals surface area (Å²) in [5, 5.41) is 0. The van der Waals surface area contributed by atoms with Gasteiger partial charge in [-0.15, -0.1) is 0 Å². The van der Waals surface area contributed by atoms with Gasteiger partial charge < -0.3 is 5.73 Å². The van der Waals surface area contributed by atoms with E-state index in [0.717, 1.165) is 0 Å². The molecule has 1 aromatic heterocycles. The van der Waals surface area contributed by atoms with Crippen LogP contribution in [0.1, 0.15) is 27.2 Å². The van der Waals surface area contributed by atoms with E-state index in [1.54, 1.807) is 0 Å². The predicted molar refractivity (Wildman–Crippen MR) is 79.2 cm³/mol. The van der Waals surface area contributed by atoms with Crippen LogP contribution in [0.3, 0.4) is 0 Å². The molecule has 1 aromatic rings. The second-order valence-electron chi connectivity index (χ2n) is 5.31. The van der Waals surface area contributed by atoms with Gasteiger partial charge >= 0.3 is 0 Å². The van der Waals surface area contributed by atoms with E-state index in [-0.39, 0.29) is 11.4 Å². The average molecular weight is 350 g/mol. The van der Waals surface area contributed by atoms with E-state index >= 15 is 0 Å². The third-order valence-corrected chi connectivity index (χ3v) is 4.72. The number of nitrogens with one attached hydrogen (secondary N) is 1. The molecule has 108 valence electrons.